The number of nitro benzene ring substituents is 1. The topological polar surface area (TPSA) is 142 Å². The number of ether oxygens (including phenoxy) is 2. The van der Waals surface area contributed by atoms with Crippen molar-refractivity contribution in [3.8, 4) is 5.75 Å². The lowest BCUT2D eigenvalue weighted by Crippen LogP contribution is -2.44. The van der Waals surface area contributed by atoms with Gasteiger partial charge in [-0.25, -0.2) is 14.5 Å². The van der Waals surface area contributed by atoms with Crippen molar-refractivity contribution in [1.29, 1.82) is 0 Å². The van der Waals surface area contributed by atoms with Crippen LogP contribution in [0.4, 0.5) is 10.5 Å². The largest absolute Gasteiger partial charge is 0.443 e. The zero-order chi connectivity index (χ0) is 22.0. The highest BCUT2D eigenvalue weighted by Crippen LogP contribution is 2.18. The molecule has 160 valence electrons. The Morgan fingerprint density at radius 1 is 1.10 bits per heavy atom. The van der Waals surface area contributed by atoms with E-state index in [1.807, 2.05) is 0 Å². The summed E-state index contributed by atoms with van der Waals surface area (Å²) in [6, 6.07) is 4.86. The van der Waals surface area contributed by atoms with Gasteiger partial charge in [-0.05, 0) is 52.3 Å². The van der Waals surface area contributed by atoms with Crippen LogP contribution in [-0.4, -0.2) is 46.5 Å². The van der Waals surface area contributed by atoms with Gasteiger partial charge in [-0.2, -0.15) is 0 Å². The van der Waals surface area contributed by atoms with Crippen molar-refractivity contribution < 1.29 is 28.8 Å². The number of hydrogen-bond donors (Lipinski definition) is 1. The molecule has 10 nitrogen and oxygen atoms in total. The summed E-state index contributed by atoms with van der Waals surface area (Å²) in [7, 11) is 0. The molecule has 1 aromatic rings. The number of benzene rings is 1. The first-order chi connectivity index (χ1) is 13.5. The number of carbonyl (C=O) groups excluding carboxylic acids is 3. The third-order valence-electron chi connectivity index (χ3n) is 3.58. The second-order valence-corrected chi connectivity index (χ2v) is 7.28. The lowest BCUT2D eigenvalue weighted by Gasteiger charge is -2.25. The Balaban J connectivity index is 2.80. The van der Waals surface area contributed by atoms with Crippen LogP contribution < -0.4 is 10.5 Å². The van der Waals surface area contributed by atoms with Crippen LogP contribution in [0.2, 0.25) is 0 Å². The van der Waals surface area contributed by atoms with Crippen LogP contribution in [0.3, 0.4) is 0 Å². The van der Waals surface area contributed by atoms with Crippen LogP contribution >= 0.6 is 0 Å². The number of esters is 1. The van der Waals surface area contributed by atoms with Gasteiger partial charge in [0.25, 0.3) is 5.69 Å². The molecular weight excluding hydrogens is 382 g/mol. The highest BCUT2D eigenvalue weighted by Gasteiger charge is 2.29. The second kappa shape index (κ2) is 11.1. The molecule has 0 saturated heterocycles. The van der Waals surface area contributed by atoms with Gasteiger partial charge in [-0.3, -0.25) is 14.9 Å². The van der Waals surface area contributed by atoms with Crippen molar-refractivity contribution in [2.24, 2.45) is 5.73 Å². The highest BCUT2D eigenvalue weighted by atomic mass is 16.6. The van der Waals surface area contributed by atoms with Gasteiger partial charge >= 0.3 is 12.1 Å². The van der Waals surface area contributed by atoms with E-state index in [9.17, 15) is 24.5 Å². The quantitative estimate of drug-likeness (QED) is 0.216. The van der Waals surface area contributed by atoms with Crippen LogP contribution in [0.1, 0.15) is 46.5 Å². The average Bonchev–Trinajstić information content (AvgIpc) is 2.62. The predicted octanol–water partition coefficient (Wildman–Crippen LogP) is 2.78. The number of rotatable bonds is 9. The van der Waals surface area contributed by atoms with E-state index in [-0.39, 0.29) is 17.9 Å². The summed E-state index contributed by atoms with van der Waals surface area (Å²) in [6.07, 6.45) is 1.11. The molecular formula is C19H27N3O7. The fourth-order valence-electron chi connectivity index (χ4n) is 2.23. The number of unbranched alkanes of at least 4 members (excludes halogenated alkanes) is 2. The van der Waals surface area contributed by atoms with Crippen molar-refractivity contribution in [3.63, 3.8) is 0 Å². The summed E-state index contributed by atoms with van der Waals surface area (Å²) in [5, 5.41) is 10.7. The van der Waals surface area contributed by atoms with E-state index in [0.717, 1.165) is 12.8 Å². The first-order valence-electron chi connectivity index (χ1n) is 9.22. The molecule has 2 N–H and O–H groups in total. The minimum absolute atomic E-state index is 0.0557. The predicted molar refractivity (Wildman–Crippen MR) is 104 cm³/mol. The van der Waals surface area contributed by atoms with Gasteiger partial charge in [0.05, 0.1) is 4.92 Å². The SMILES string of the molecule is CC(C)(C)OC(=O)N(CC(=O)Oc1ccc([N+](=O)[O-])cc1)C(=O)CCCCCN. The summed E-state index contributed by atoms with van der Waals surface area (Å²) in [5.74, 6) is -1.38. The summed E-state index contributed by atoms with van der Waals surface area (Å²) in [5.41, 5.74) is 4.41. The zero-order valence-corrected chi connectivity index (χ0v) is 16.9. The maximum absolute atomic E-state index is 12.5. The third-order valence-corrected chi connectivity index (χ3v) is 3.58. The van der Waals surface area contributed by atoms with Gasteiger partial charge in [-0.15, -0.1) is 0 Å². The number of carbonyl (C=O) groups is 3. The molecule has 10 heteroatoms. The van der Waals surface area contributed by atoms with Gasteiger partial charge in [0.1, 0.15) is 17.9 Å². The number of non-ortho nitro benzene ring substituents is 1. The van der Waals surface area contributed by atoms with E-state index >= 15 is 0 Å². The minimum atomic E-state index is -0.943. The van der Waals surface area contributed by atoms with Crippen molar-refractivity contribution in [1.82, 2.24) is 4.90 Å². The Labute approximate surface area is 169 Å². The van der Waals surface area contributed by atoms with Gasteiger partial charge < -0.3 is 15.2 Å². The Hall–Kier alpha value is -3.01. The van der Waals surface area contributed by atoms with Crippen LogP contribution in [0, 0.1) is 10.1 Å². The first kappa shape index (κ1) is 24.0. The van der Waals surface area contributed by atoms with Crippen LogP contribution in [0.25, 0.3) is 0 Å². The smallest absolute Gasteiger partial charge is 0.417 e. The highest BCUT2D eigenvalue weighted by molar-refractivity contribution is 5.95. The molecule has 1 rings (SSSR count). The Bertz CT molecular complexity index is 726. The van der Waals surface area contributed by atoms with E-state index in [1.54, 1.807) is 20.8 Å². The van der Waals surface area contributed by atoms with Crippen molar-refractivity contribution in [2.45, 2.75) is 52.1 Å². The van der Waals surface area contributed by atoms with Crippen molar-refractivity contribution >= 4 is 23.7 Å². The molecule has 29 heavy (non-hydrogen) atoms. The molecule has 2 amide bonds. The van der Waals surface area contributed by atoms with Crippen LogP contribution in [0.5, 0.6) is 5.75 Å². The number of nitro groups is 1. The molecule has 0 fully saturated rings. The van der Waals surface area contributed by atoms with E-state index in [0.29, 0.717) is 17.9 Å². The summed E-state index contributed by atoms with van der Waals surface area (Å²) in [4.78, 5) is 47.8. The monoisotopic (exact) mass is 409 g/mol. The lowest BCUT2D eigenvalue weighted by molar-refractivity contribution is -0.384. The van der Waals surface area contributed by atoms with Crippen LogP contribution in [-0.2, 0) is 14.3 Å². The summed E-state index contributed by atoms with van der Waals surface area (Å²) < 4.78 is 10.3. The molecule has 0 saturated carbocycles. The van der Waals surface area contributed by atoms with Crippen LogP contribution in [0.15, 0.2) is 24.3 Å². The van der Waals surface area contributed by atoms with Gasteiger partial charge in [0.2, 0.25) is 5.91 Å². The number of nitrogens with two attached hydrogens (primary N) is 1. The summed E-state index contributed by atoms with van der Waals surface area (Å²) >= 11 is 0. The second-order valence-electron chi connectivity index (χ2n) is 7.28. The normalized spacial score (nSPS) is 10.9. The van der Waals surface area contributed by atoms with E-state index in [2.05, 4.69) is 0 Å². The number of hydrogen-bond acceptors (Lipinski definition) is 8. The maximum Gasteiger partial charge on any atom is 0.417 e. The standard InChI is InChI=1S/C19H27N3O7/c1-19(2,3)29-18(25)21(16(23)7-5-4-6-12-20)13-17(24)28-15-10-8-14(9-11-15)22(26)27/h8-11H,4-7,12-13,20H2,1-3H3. The molecule has 0 heterocycles. The number of amides is 2. The third kappa shape index (κ3) is 9.15. The van der Waals surface area contributed by atoms with Gasteiger partial charge in [0, 0.05) is 18.6 Å². The number of nitrogens with zero attached hydrogens (tertiary/aromatic N) is 2. The van der Waals surface area contributed by atoms with E-state index in [1.165, 1.54) is 24.3 Å². The van der Waals surface area contributed by atoms with Crippen molar-refractivity contribution in [3.05, 3.63) is 34.4 Å². The van der Waals surface area contributed by atoms with Crippen molar-refractivity contribution in [2.75, 3.05) is 13.1 Å². The Morgan fingerprint density at radius 2 is 1.72 bits per heavy atom. The van der Waals surface area contributed by atoms with E-state index < -0.39 is 35.0 Å². The molecule has 0 aliphatic rings. The number of imide groups is 1. The lowest BCUT2D eigenvalue weighted by atomic mass is 10.2. The van der Waals surface area contributed by atoms with Gasteiger partial charge in [0.15, 0.2) is 0 Å². The first-order valence-corrected chi connectivity index (χ1v) is 9.22. The molecule has 0 aromatic heterocycles. The Morgan fingerprint density at radius 3 is 2.24 bits per heavy atom. The average molecular weight is 409 g/mol. The summed E-state index contributed by atoms with van der Waals surface area (Å²) in [6.45, 7) is 4.80. The van der Waals surface area contributed by atoms with E-state index in [4.69, 9.17) is 15.2 Å². The Kier molecular flexibility index (Phi) is 9.20. The zero-order valence-electron chi connectivity index (χ0n) is 16.9. The molecule has 0 unspecified atom stereocenters. The molecule has 0 bridgehead atoms. The fraction of sp³-hybridized carbons (Fsp3) is 0.526. The molecule has 0 radical (unpaired) electrons. The molecule has 0 aliphatic heterocycles. The van der Waals surface area contributed by atoms with Gasteiger partial charge in [-0.1, -0.05) is 6.42 Å². The minimum Gasteiger partial charge on any atom is -0.443 e. The molecule has 0 atom stereocenters. The fourth-order valence-corrected chi connectivity index (χ4v) is 2.23. The molecule has 0 aliphatic carbocycles. The molecule has 1 aromatic carbocycles. The maximum atomic E-state index is 12.5. The molecule has 0 spiro atoms.